The first kappa shape index (κ1) is 8.82. The predicted molar refractivity (Wildman–Crippen MR) is 60.1 cm³/mol. The van der Waals surface area contributed by atoms with Crippen molar-refractivity contribution in [3.05, 3.63) is 33.9 Å². The van der Waals surface area contributed by atoms with Crippen LogP contribution >= 0.6 is 15.9 Å². The van der Waals surface area contributed by atoms with Gasteiger partial charge in [-0.2, -0.15) is 0 Å². The minimum atomic E-state index is 1.04. The van der Waals surface area contributed by atoms with E-state index in [1.165, 1.54) is 26.6 Å². The van der Waals surface area contributed by atoms with Gasteiger partial charge in [0.25, 0.3) is 0 Å². The van der Waals surface area contributed by atoms with E-state index in [9.17, 15) is 0 Å². The Morgan fingerprint density at radius 1 is 1.38 bits per heavy atom. The lowest BCUT2D eigenvalue weighted by atomic mass is 10.1. The Kier molecular flexibility index (Phi) is 2.16. The number of benzene rings is 1. The van der Waals surface area contributed by atoms with Gasteiger partial charge in [-0.3, -0.25) is 0 Å². The molecular formula is C11H12BrN. The summed E-state index contributed by atoms with van der Waals surface area (Å²) in [7, 11) is 0. The molecule has 2 aromatic rings. The van der Waals surface area contributed by atoms with Crippen LogP contribution in [0.3, 0.4) is 0 Å². The zero-order valence-electron chi connectivity index (χ0n) is 7.82. The molecule has 13 heavy (non-hydrogen) atoms. The largest absolute Gasteiger partial charge is 0.357 e. The minimum absolute atomic E-state index is 1.04. The minimum Gasteiger partial charge on any atom is -0.357 e. The number of hydrogen-bond acceptors (Lipinski definition) is 0. The zero-order chi connectivity index (χ0) is 9.42. The van der Waals surface area contributed by atoms with Crippen molar-refractivity contribution in [1.29, 1.82) is 0 Å². The second kappa shape index (κ2) is 3.18. The summed E-state index contributed by atoms with van der Waals surface area (Å²) in [5, 5.41) is 1.32. The molecule has 0 unspecified atom stereocenters. The van der Waals surface area contributed by atoms with E-state index < -0.39 is 0 Å². The molecule has 0 aliphatic carbocycles. The third-order valence-corrected chi connectivity index (χ3v) is 3.27. The van der Waals surface area contributed by atoms with E-state index in [-0.39, 0.29) is 0 Å². The van der Waals surface area contributed by atoms with Crippen molar-refractivity contribution in [3.63, 3.8) is 0 Å². The molecule has 2 heteroatoms. The number of aryl methyl sites for hydroxylation is 2. The SMILES string of the molecule is CCc1[nH]c2cccc(C)c2c1Br. The molecule has 1 aromatic carbocycles. The fourth-order valence-electron chi connectivity index (χ4n) is 1.68. The monoisotopic (exact) mass is 237 g/mol. The lowest BCUT2D eigenvalue weighted by molar-refractivity contribution is 1.06. The van der Waals surface area contributed by atoms with Gasteiger partial charge in [-0.15, -0.1) is 0 Å². The molecule has 0 aliphatic rings. The van der Waals surface area contributed by atoms with Crippen molar-refractivity contribution < 1.29 is 0 Å². The van der Waals surface area contributed by atoms with Gasteiger partial charge in [-0.05, 0) is 40.9 Å². The Morgan fingerprint density at radius 3 is 2.77 bits per heavy atom. The summed E-state index contributed by atoms with van der Waals surface area (Å²) in [5.74, 6) is 0. The molecule has 0 atom stereocenters. The Balaban J connectivity index is 2.85. The molecule has 1 heterocycles. The van der Waals surface area contributed by atoms with Gasteiger partial charge >= 0.3 is 0 Å². The summed E-state index contributed by atoms with van der Waals surface area (Å²) in [5.41, 5.74) is 3.83. The molecule has 0 saturated carbocycles. The molecule has 0 saturated heterocycles. The highest BCUT2D eigenvalue weighted by Crippen LogP contribution is 2.30. The van der Waals surface area contributed by atoms with E-state index in [0.717, 1.165) is 6.42 Å². The van der Waals surface area contributed by atoms with Crippen molar-refractivity contribution in [2.75, 3.05) is 0 Å². The van der Waals surface area contributed by atoms with Crippen LogP contribution in [0.1, 0.15) is 18.2 Å². The third kappa shape index (κ3) is 1.29. The average Bonchev–Trinajstić information content (AvgIpc) is 2.44. The predicted octanol–water partition coefficient (Wildman–Crippen LogP) is 3.80. The smallest absolute Gasteiger partial charge is 0.0470 e. The van der Waals surface area contributed by atoms with Gasteiger partial charge in [0.05, 0.1) is 0 Å². The van der Waals surface area contributed by atoms with Crippen molar-refractivity contribution >= 4 is 26.8 Å². The number of fused-ring (bicyclic) bond motifs is 1. The first-order valence-corrected chi connectivity index (χ1v) is 5.29. The van der Waals surface area contributed by atoms with Crippen LogP contribution in [0.4, 0.5) is 0 Å². The van der Waals surface area contributed by atoms with Crippen LogP contribution in [-0.2, 0) is 6.42 Å². The maximum absolute atomic E-state index is 3.63. The summed E-state index contributed by atoms with van der Waals surface area (Å²) in [4.78, 5) is 3.41. The molecule has 0 spiro atoms. The van der Waals surface area contributed by atoms with Gasteiger partial charge in [0.2, 0.25) is 0 Å². The second-order valence-electron chi connectivity index (χ2n) is 3.27. The average molecular weight is 238 g/mol. The molecule has 68 valence electrons. The maximum Gasteiger partial charge on any atom is 0.0470 e. The molecule has 0 aliphatic heterocycles. The number of aromatic amines is 1. The Bertz CT molecular complexity index is 443. The fraction of sp³-hybridized carbons (Fsp3) is 0.273. The Hall–Kier alpha value is -0.760. The van der Waals surface area contributed by atoms with E-state index in [1.807, 2.05) is 0 Å². The van der Waals surface area contributed by atoms with Crippen LogP contribution in [0.25, 0.3) is 10.9 Å². The van der Waals surface area contributed by atoms with Crippen LogP contribution in [0.5, 0.6) is 0 Å². The topological polar surface area (TPSA) is 15.8 Å². The van der Waals surface area contributed by atoms with E-state index in [0.29, 0.717) is 0 Å². The summed E-state index contributed by atoms with van der Waals surface area (Å²) in [6.07, 6.45) is 1.04. The van der Waals surface area contributed by atoms with Gasteiger partial charge in [-0.1, -0.05) is 19.1 Å². The van der Waals surface area contributed by atoms with Crippen LogP contribution < -0.4 is 0 Å². The Labute approximate surface area is 86.3 Å². The molecule has 0 fully saturated rings. The molecule has 1 N–H and O–H groups in total. The Morgan fingerprint density at radius 2 is 2.15 bits per heavy atom. The maximum atomic E-state index is 3.63. The van der Waals surface area contributed by atoms with Crippen LogP contribution in [-0.4, -0.2) is 4.98 Å². The van der Waals surface area contributed by atoms with Crippen molar-refractivity contribution in [2.24, 2.45) is 0 Å². The van der Waals surface area contributed by atoms with Crippen LogP contribution in [0.2, 0.25) is 0 Å². The molecule has 1 nitrogen and oxygen atoms in total. The quantitative estimate of drug-likeness (QED) is 0.777. The second-order valence-corrected chi connectivity index (χ2v) is 4.06. The summed E-state index contributed by atoms with van der Waals surface area (Å²) >= 11 is 3.63. The number of H-pyrrole nitrogens is 1. The first-order chi connectivity index (χ1) is 6.24. The number of rotatable bonds is 1. The molecule has 2 rings (SSSR count). The highest BCUT2D eigenvalue weighted by Gasteiger charge is 2.08. The summed E-state index contributed by atoms with van der Waals surface area (Å²) in [6.45, 7) is 4.30. The standard InChI is InChI=1S/C11H12BrN/c1-3-8-11(12)10-7(2)5-4-6-9(10)13-8/h4-6,13H,3H2,1-2H3. The van der Waals surface area contributed by atoms with E-state index in [1.54, 1.807) is 0 Å². The number of nitrogens with one attached hydrogen (secondary N) is 1. The highest BCUT2D eigenvalue weighted by atomic mass is 79.9. The van der Waals surface area contributed by atoms with E-state index >= 15 is 0 Å². The van der Waals surface area contributed by atoms with Gasteiger partial charge < -0.3 is 4.98 Å². The van der Waals surface area contributed by atoms with Gasteiger partial charge in [0, 0.05) is 21.1 Å². The fourth-order valence-corrected chi connectivity index (χ4v) is 2.58. The number of aromatic nitrogens is 1. The van der Waals surface area contributed by atoms with Crippen molar-refractivity contribution in [1.82, 2.24) is 4.98 Å². The number of halogens is 1. The van der Waals surface area contributed by atoms with Gasteiger partial charge in [0.15, 0.2) is 0 Å². The number of hydrogen-bond donors (Lipinski definition) is 1. The van der Waals surface area contributed by atoms with E-state index in [4.69, 9.17) is 0 Å². The summed E-state index contributed by atoms with van der Waals surface area (Å²) < 4.78 is 1.23. The third-order valence-electron chi connectivity index (χ3n) is 2.40. The molecular weight excluding hydrogens is 226 g/mol. The normalized spacial score (nSPS) is 11.0. The van der Waals surface area contributed by atoms with Crippen LogP contribution in [0.15, 0.2) is 22.7 Å². The molecule has 0 bridgehead atoms. The molecule has 1 aromatic heterocycles. The first-order valence-electron chi connectivity index (χ1n) is 4.49. The van der Waals surface area contributed by atoms with Gasteiger partial charge in [-0.25, -0.2) is 0 Å². The van der Waals surface area contributed by atoms with E-state index in [2.05, 4.69) is 53.0 Å². The summed E-state index contributed by atoms with van der Waals surface area (Å²) in [6, 6.07) is 6.34. The van der Waals surface area contributed by atoms with Crippen molar-refractivity contribution in [3.8, 4) is 0 Å². The highest BCUT2D eigenvalue weighted by molar-refractivity contribution is 9.10. The van der Waals surface area contributed by atoms with Gasteiger partial charge in [0.1, 0.15) is 0 Å². The van der Waals surface area contributed by atoms with Crippen LogP contribution in [0, 0.1) is 6.92 Å². The molecule has 0 amide bonds. The zero-order valence-corrected chi connectivity index (χ0v) is 9.40. The lowest BCUT2D eigenvalue weighted by Crippen LogP contribution is -1.77. The molecule has 0 radical (unpaired) electrons. The lowest BCUT2D eigenvalue weighted by Gasteiger charge is -1.95. The van der Waals surface area contributed by atoms with Crippen molar-refractivity contribution in [2.45, 2.75) is 20.3 Å².